The number of rotatable bonds is 2. The number of nitrogens with one attached hydrogen (secondary N) is 1. The molecule has 3 N–H and O–H groups in total. The number of carbonyl (C=O) groups excluding carboxylic acids is 1. The summed E-state index contributed by atoms with van der Waals surface area (Å²) < 4.78 is 1.14. The Morgan fingerprint density at radius 3 is 2.50 bits per heavy atom. The van der Waals surface area contributed by atoms with Gasteiger partial charge in [0.25, 0.3) is 5.91 Å². The van der Waals surface area contributed by atoms with Crippen LogP contribution in [0.5, 0.6) is 0 Å². The Bertz CT molecular complexity index is 537. The molecule has 1 amide bonds. The fourth-order valence-electron chi connectivity index (χ4n) is 3.99. The van der Waals surface area contributed by atoms with E-state index in [1.54, 1.807) is 0 Å². The van der Waals surface area contributed by atoms with Crippen LogP contribution in [0.3, 0.4) is 0 Å². The van der Waals surface area contributed by atoms with Crippen molar-refractivity contribution in [3.8, 4) is 0 Å². The summed E-state index contributed by atoms with van der Waals surface area (Å²) in [5.41, 5.74) is 8.14. The van der Waals surface area contributed by atoms with Crippen LogP contribution in [0.15, 0.2) is 18.2 Å². The van der Waals surface area contributed by atoms with Crippen LogP contribution in [0.25, 0.3) is 0 Å². The minimum absolute atomic E-state index is 0. The average Bonchev–Trinajstić information content (AvgIpc) is 2.42. The molecule has 2 unspecified atom stereocenters. The Hall–Kier alpha value is -0.330. The maximum Gasteiger partial charge on any atom is 0.251 e. The third-order valence-electron chi connectivity index (χ3n) is 5.11. The third kappa shape index (κ3) is 3.77. The van der Waals surface area contributed by atoms with Crippen molar-refractivity contribution in [2.75, 3.05) is 0 Å². The lowest BCUT2D eigenvalue weighted by Gasteiger charge is -2.45. The van der Waals surface area contributed by atoms with Crippen molar-refractivity contribution in [1.82, 2.24) is 5.32 Å². The molecule has 0 saturated heterocycles. The number of amides is 1. The molecule has 2 saturated carbocycles. The van der Waals surface area contributed by atoms with E-state index in [-0.39, 0.29) is 18.3 Å². The molecule has 2 aliphatic carbocycles. The van der Waals surface area contributed by atoms with Gasteiger partial charge in [-0.05, 0) is 84.7 Å². The van der Waals surface area contributed by atoms with Crippen molar-refractivity contribution in [3.05, 3.63) is 32.9 Å². The van der Waals surface area contributed by atoms with Crippen LogP contribution in [0, 0.1) is 22.3 Å². The Labute approximate surface area is 152 Å². The summed E-state index contributed by atoms with van der Waals surface area (Å²) in [5.74, 6) is 1.22. The van der Waals surface area contributed by atoms with Gasteiger partial charge in [-0.25, -0.2) is 0 Å². The van der Waals surface area contributed by atoms with Crippen LogP contribution in [-0.4, -0.2) is 18.0 Å². The van der Waals surface area contributed by atoms with Crippen molar-refractivity contribution in [1.29, 1.82) is 0 Å². The van der Waals surface area contributed by atoms with Crippen LogP contribution in [-0.2, 0) is 0 Å². The quantitative estimate of drug-likeness (QED) is 0.698. The minimum atomic E-state index is 0. The second-order valence-electron chi connectivity index (χ2n) is 6.65. The zero-order valence-electron chi connectivity index (χ0n) is 12.8. The van der Waals surface area contributed by atoms with Gasteiger partial charge in [0.2, 0.25) is 0 Å². The van der Waals surface area contributed by atoms with E-state index in [1.165, 1.54) is 24.8 Å². The zero-order valence-corrected chi connectivity index (χ0v) is 15.8. The molecule has 5 heteroatoms. The van der Waals surface area contributed by atoms with E-state index in [4.69, 9.17) is 5.73 Å². The SMILES string of the molecule is Cc1ccc(C(=O)NC2C3CCCC2CC(N)C3)cc1I.Cl. The molecule has 2 atom stereocenters. The van der Waals surface area contributed by atoms with Gasteiger partial charge in [0.05, 0.1) is 0 Å². The smallest absolute Gasteiger partial charge is 0.251 e. The molecule has 0 aromatic heterocycles. The first-order chi connectivity index (χ1) is 10.0. The highest BCUT2D eigenvalue weighted by atomic mass is 127. The van der Waals surface area contributed by atoms with Crippen molar-refractivity contribution in [2.45, 2.75) is 51.1 Å². The average molecular weight is 435 g/mol. The van der Waals surface area contributed by atoms with E-state index < -0.39 is 0 Å². The minimum Gasteiger partial charge on any atom is -0.349 e. The van der Waals surface area contributed by atoms with Gasteiger partial charge in [-0.3, -0.25) is 4.79 Å². The van der Waals surface area contributed by atoms with Gasteiger partial charge in [0.1, 0.15) is 0 Å². The van der Waals surface area contributed by atoms with E-state index in [0.717, 1.165) is 22.0 Å². The van der Waals surface area contributed by atoms with E-state index in [1.807, 2.05) is 18.2 Å². The summed E-state index contributed by atoms with van der Waals surface area (Å²) in [5, 5.41) is 3.31. The highest BCUT2D eigenvalue weighted by Crippen LogP contribution is 2.39. The molecular weight excluding hydrogens is 411 g/mol. The molecule has 2 fully saturated rings. The number of nitrogens with two attached hydrogens (primary N) is 1. The molecule has 0 spiro atoms. The van der Waals surface area contributed by atoms with Crippen LogP contribution in [0.4, 0.5) is 0 Å². The Morgan fingerprint density at radius 2 is 1.91 bits per heavy atom. The fourth-order valence-corrected chi connectivity index (χ4v) is 4.51. The van der Waals surface area contributed by atoms with Crippen molar-refractivity contribution < 1.29 is 4.79 Å². The highest BCUT2D eigenvalue weighted by molar-refractivity contribution is 14.1. The largest absolute Gasteiger partial charge is 0.349 e. The third-order valence-corrected chi connectivity index (χ3v) is 6.27. The molecule has 3 nitrogen and oxygen atoms in total. The summed E-state index contributed by atoms with van der Waals surface area (Å²) in [4.78, 5) is 12.5. The fraction of sp³-hybridized carbons (Fsp3) is 0.588. The molecule has 22 heavy (non-hydrogen) atoms. The molecule has 122 valence electrons. The molecular formula is C17H24ClIN2O. The normalized spacial score (nSPS) is 30.3. The Balaban J connectivity index is 0.00000176. The summed E-state index contributed by atoms with van der Waals surface area (Å²) in [7, 11) is 0. The second kappa shape index (κ2) is 7.49. The van der Waals surface area contributed by atoms with E-state index in [0.29, 0.717) is 23.9 Å². The van der Waals surface area contributed by atoms with Gasteiger partial charge in [0, 0.05) is 21.2 Å². The molecule has 2 bridgehead atoms. The van der Waals surface area contributed by atoms with Gasteiger partial charge in [-0.15, -0.1) is 12.4 Å². The predicted octanol–water partition coefficient (Wildman–Crippen LogP) is 3.66. The lowest BCUT2D eigenvalue weighted by atomic mass is 9.67. The Kier molecular flexibility index (Phi) is 6.14. The standard InChI is InChI=1S/C17H23IN2O.ClH/c1-10-5-6-13(9-15(10)18)17(21)20-16-11-3-2-4-12(16)8-14(19)7-11;/h5-6,9,11-12,14,16H,2-4,7-8,19H2,1H3,(H,20,21);1H. The summed E-state index contributed by atoms with van der Waals surface area (Å²) in [6, 6.07) is 6.58. The topological polar surface area (TPSA) is 55.1 Å². The first-order valence-electron chi connectivity index (χ1n) is 7.87. The van der Waals surface area contributed by atoms with Gasteiger partial charge in [0.15, 0.2) is 0 Å². The molecule has 0 aliphatic heterocycles. The van der Waals surface area contributed by atoms with E-state index in [9.17, 15) is 4.79 Å². The number of fused-ring (bicyclic) bond motifs is 2. The van der Waals surface area contributed by atoms with Gasteiger partial charge in [-0.1, -0.05) is 12.5 Å². The van der Waals surface area contributed by atoms with Crippen molar-refractivity contribution >= 4 is 40.9 Å². The molecule has 3 rings (SSSR count). The number of carbonyl (C=O) groups is 1. The number of benzene rings is 1. The molecule has 1 aromatic rings. The van der Waals surface area contributed by atoms with Crippen LogP contribution >= 0.6 is 35.0 Å². The van der Waals surface area contributed by atoms with Gasteiger partial charge in [-0.2, -0.15) is 0 Å². The van der Waals surface area contributed by atoms with Crippen LogP contribution < -0.4 is 11.1 Å². The number of hydrogen-bond acceptors (Lipinski definition) is 2. The van der Waals surface area contributed by atoms with Crippen LogP contribution in [0.1, 0.15) is 48.0 Å². The summed E-state index contributed by atoms with van der Waals surface area (Å²) in [6.07, 6.45) is 5.83. The molecule has 2 aliphatic rings. The van der Waals surface area contributed by atoms with Crippen molar-refractivity contribution in [3.63, 3.8) is 0 Å². The van der Waals surface area contributed by atoms with Gasteiger partial charge >= 0.3 is 0 Å². The van der Waals surface area contributed by atoms with Crippen LogP contribution in [0.2, 0.25) is 0 Å². The predicted molar refractivity (Wildman–Crippen MR) is 100 cm³/mol. The second-order valence-corrected chi connectivity index (χ2v) is 7.81. The first kappa shape index (κ1) is 18.0. The zero-order chi connectivity index (χ0) is 15.0. The Morgan fingerprint density at radius 1 is 1.27 bits per heavy atom. The van der Waals surface area contributed by atoms with Crippen molar-refractivity contribution in [2.24, 2.45) is 17.6 Å². The highest BCUT2D eigenvalue weighted by Gasteiger charge is 2.39. The number of hydrogen-bond donors (Lipinski definition) is 2. The van der Waals surface area contributed by atoms with Gasteiger partial charge < -0.3 is 11.1 Å². The molecule has 0 heterocycles. The lowest BCUT2D eigenvalue weighted by molar-refractivity contribution is 0.0756. The number of halogens is 2. The monoisotopic (exact) mass is 434 g/mol. The summed E-state index contributed by atoms with van der Waals surface area (Å²) in [6.45, 7) is 2.07. The first-order valence-corrected chi connectivity index (χ1v) is 8.95. The lowest BCUT2D eigenvalue weighted by Crippen LogP contribution is -2.53. The molecule has 0 radical (unpaired) electrons. The molecule has 1 aromatic carbocycles. The summed E-state index contributed by atoms with van der Waals surface area (Å²) >= 11 is 2.29. The maximum absolute atomic E-state index is 12.5. The number of aryl methyl sites for hydroxylation is 1. The maximum atomic E-state index is 12.5. The van der Waals surface area contributed by atoms with E-state index >= 15 is 0 Å². The van der Waals surface area contributed by atoms with E-state index in [2.05, 4.69) is 34.8 Å².